The summed E-state index contributed by atoms with van der Waals surface area (Å²) in [5, 5.41) is 3.43. The van der Waals surface area contributed by atoms with Gasteiger partial charge in [0, 0.05) is 24.0 Å². The van der Waals surface area contributed by atoms with E-state index in [1.165, 1.54) is 29.2 Å². The van der Waals surface area contributed by atoms with Crippen molar-refractivity contribution in [2.75, 3.05) is 17.5 Å². The second-order valence-corrected chi connectivity index (χ2v) is 13.7. The van der Waals surface area contributed by atoms with Crippen LogP contribution in [0.25, 0.3) is 0 Å². The van der Waals surface area contributed by atoms with Crippen molar-refractivity contribution in [2.45, 2.75) is 64.1 Å². The number of anilines is 1. The van der Waals surface area contributed by atoms with Gasteiger partial charge in [0.15, 0.2) is 0 Å². The molecule has 2 amide bonds. The van der Waals surface area contributed by atoms with Crippen molar-refractivity contribution >= 4 is 39.1 Å². The van der Waals surface area contributed by atoms with E-state index in [4.69, 9.17) is 16.3 Å². The van der Waals surface area contributed by atoms with Gasteiger partial charge in [0.25, 0.3) is 10.0 Å². The Bertz CT molecular complexity index is 1730. The summed E-state index contributed by atoms with van der Waals surface area (Å²) in [6, 6.07) is 28.6. The Kier molecular flexibility index (Phi) is 12.4. The molecule has 4 aromatic rings. The molecule has 0 radical (unpaired) electrons. The molecule has 47 heavy (non-hydrogen) atoms. The Hall–Kier alpha value is -4.34. The van der Waals surface area contributed by atoms with E-state index < -0.39 is 28.5 Å². The molecule has 0 spiro atoms. The van der Waals surface area contributed by atoms with Crippen LogP contribution in [-0.2, 0) is 32.6 Å². The predicted octanol–water partition coefficient (Wildman–Crippen LogP) is 6.80. The number of aryl methyl sites for hydroxylation is 1. The number of ether oxygens (including phenoxy) is 1. The number of sulfonamides is 1. The van der Waals surface area contributed by atoms with Gasteiger partial charge in [-0.1, -0.05) is 90.8 Å². The number of carbonyl (C=O) groups is 2. The lowest BCUT2D eigenvalue weighted by atomic mass is 10.0. The van der Waals surface area contributed by atoms with Crippen LogP contribution in [0.15, 0.2) is 108 Å². The van der Waals surface area contributed by atoms with Gasteiger partial charge < -0.3 is 15.0 Å². The summed E-state index contributed by atoms with van der Waals surface area (Å²) in [6.45, 7) is 7.45. The SMILES string of the molecule is CCOc1ccccc1N(CC(=O)N(Cc1ccc(C)cc1)[C@H](Cc1ccccc1)C(=O)N[C@H](C)CC)S(=O)(=O)c1ccc(Cl)cc1. The van der Waals surface area contributed by atoms with Crippen molar-refractivity contribution in [3.8, 4) is 5.75 Å². The normalized spacial score (nSPS) is 12.5. The standard InChI is InChI=1S/C37H42ClN3O5S/c1-5-28(4)39-37(43)34(24-29-12-8-7-9-13-29)40(25-30-18-16-27(3)17-19-30)36(42)26-41(33-14-10-11-15-35(33)46-6-2)47(44,45)32-22-20-31(38)21-23-32/h7-23,28,34H,5-6,24-26H2,1-4H3,(H,39,43)/t28-,34-/m1/s1. The van der Waals surface area contributed by atoms with Gasteiger partial charge >= 0.3 is 0 Å². The summed E-state index contributed by atoms with van der Waals surface area (Å²) in [6.07, 6.45) is 0.942. The van der Waals surface area contributed by atoms with Gasteiger partial charge in [0.2, 0.25) is 11.8 Å². The van der Waals surface area contributed by atoms with Crippen LogP contribution < -0.4 is 14.4 Å². The minimum Gasteiger partial charge on any atom is -0.492 e. The van der Waals surface area contributed by atoms with E-state index in [0.29, 0.717) is 17.2 Å². The fourth-order valence-electron chi connectivity index (χ4n) is 5.07. The number of carbonyl (C=O) groups excluding carboxylic acids is 2. The van der Waals surface area contributed by atoms with Crippen LogP contribution in [0.2, 0.25) is 5.02 Å². The molecule has 0 aliphatic carbocycles. The zero-order valence-electron chi connectivity index (χ0n) is 27.2. The highest BCUT2D eigenvalue weighted by Gasteiger charge is 2.35. The molecule has 1 N–H and O–H groups in total. The van der Waals surface area contributed by atoms with E-state index in [0.717, 1.165) is 21.0 Å². The quantitative estimate of drug-likeness (QED) is 0.150. The number of hydrogen-bond acceptors (Lipinski definition) is 5. The maximum absolute atomic E-state index is 14.7. The highest BCUT2D eigenvalue weighted by Crippen LogP contribution is 2.33. The minimum absolute atomic E-state index is 0.0403. The van der Waals surface area contributed by atoms with Crippen molar-refractivity contribution in [1.82, 2.24) is 10.2 Å². The van der Waals surface area contributed by atoms with Crippen molar-refractivity contribution in [3.63, 3.8) is 0 Å². The molecule has 0 saturated heterocycles. The van der Waals surface area contributed by atoms with Crippen molar-refractivity contribution in [3.05, 3.63) is 125 Å². The molecular weight excluding hydrogens is 634 g/mol. The summed E-state index contributed by atoms with van der Waals surface area (Å²) in [5.41, 5.74) is 2.93. The van der Waals surface area contributed by atoms with Gasteiger partial charge in [-0.15, -0.1) is 0 Å². The third-order valence-electron chi connectivity index (χ3n) is 7.86. The molecule has 248 valence electrons. The maximum Gasteiger partial charge on any atom is 0.264 e. The number of benzene rings is 4. The molecule has 10 heteroatoms. The second-order valence-electron chi connectivity index (χ2n) is 11.4. The van der Waals surface area contributed by atoms with E-state index in [1.54, 1.807) is 31.2 Å². The number of hydrogen-bond donors (Lipinski definition) is 1. The number of nitrogens with one attached hydrogen (secondary N) is 1. The van der Waals surface area contributed by atoms with Gasteiger partial charge in [-0.25, -0.2) is 8.42 Å². The molecule has 4 rings (SSSR count). The third-order valence-corrected chi connectivity index (χ3v) is 9.89. The van der Waals surface area contributed by atoms with Crippen LogP contribution in [0.3, 0.4) is 0 Å². The number of nitrogens with zero attached hydrogens (tertiary/aromatic N) is 2. The number of amides is 2. The zero-order chi connectivity index (χ0) is 34.0. The average Bonchev–Trinajstić information content (AvgIpc) is 3.07. The monoisotopic (exact) mass is 675 g/mol. The first kappa shape index (κ1) is 35.5. The van der Waals surface area contributed by atoms with Crippen LogP contribution in [0.5, 0.6) is 5.75 Å². The topological polar surface area (TPSA) is 96.0 Å². The van der Waals surface area contributed by atoms with E-state index in [-0.39, 0.29) is 42.1 Å². The summed E-state index contributed by atoms with van der Waals surface area (Å²) < 4.78 is 35.5. The molecule has 2 atom stereocenters. The van der Waals surface area contributed by atoms with Crippen LogP contribution in [-0.4, -0.2) is 50.4 Å². The maximum atomic E-state index is 14.7. The van der Waals surface area contributed by atoms with E-state index in [9.17, 15) is 18.0 Å². The molecule has 8 nitrogen and oxygen atoms in total. The van der Waals surface area contributed by atoms with Gasteiger partial charge in [-0.05, 0) is 74.7 Å². The predicted molar refractivity (Wildman–Crippen MR) is 187 cm³/mol. The second kappa shape index (κ2) is 16.5. The lowest BCUT2D eigenvalue weighted by Crippen LogP contribution is -2.54. The summed E-state index contributed by atoms with van der Waals surface area (Å²) >= 11 is 6.09. The van der Waals surface area contributed by atoms with Crippen LogP contribution in [0.1, 0.15) is 43.9 Å². The zero-order valence-corrected chi connectivity index (χ0v) is 28.8. The third kappa shape index (κ3) is 9.36. The first-order chi connectivity index (χ1) is 22.5. The Morgan fingerprint density at radius 2 is 1.49 bits per heavy atom. The summed E-state index contributed by atoms with van der Waals surface area (Å²) in [7, 11) is -4.30. The molecule has 0 heterocycles. The Morgan fingerprint density at radius 3 is 2.13 bits per heavy atom. The van der Waals surface area contributed by atoms with Crippen molar-refractivity contribution < 1.29 is 22.7 Å². The van der Waals surface area contributed by atoms with Gasteiger partial charge in [0.05, 0.1) is 17.2 Å². The first-order valence-corrected chi connectivity index (χ1v) is 17.5. The molecule has 0 aliphatic rings. The van der Waals surface area contributed by atoms with E-state index >= 15 is 0 Å². The molecule has 0 saturated carbocycles. The fourth-order valence-corrected chi connectivity index (χ4v) is 6.62. The number of para-hydroxylation sites is 2. The summed E-state index contributed by atoms with van der Waals surface area (Å²) in [4.78, 5) is 30.1. The van der Waals surface area contributed by atoms with Crippen LogP contribution in [0, 0.1) is 6.92 Å². The smallest absolute Gasteiger partial charge is 0.264 e. The molecule has 0 aromatic heterocycles. The average molecular weight is 676 g/mol. The summed E-state index contributed by atoms with van der Waals surface area (Å²) in [5.74, 6) is -0.555. The molecular formula is C37H42ClN3O5S. The first-order valence-electron chi connectivity index (χ1n) is 15.7. The lowest BCUT2D eigenvalue weighted by molar-refractivity contribution is -0.140. The number of halogens is 1. The minimum atomic E-state index is -4.30. The molecule has 0 unspecified atom stereocenters. The van der Waals surface area contributed by atoms with Gasteiger partial charge in [0.1, 0.15) is 18.3 Å². The molecule has 0 fully saturated rings. The lowest BCUT2D eigenvalue weighted by Gasteiger charge is -2.34. The fraction of sp³-hybridized carbons (Fsp3) is 0.297. The highest BCUT2D eigenvalue weighted by molar-refractivity contribution is 7.92. The van der Waals surface area contributed by atoms with Gasteiger partial charge in [-0.2, -0.15) is 0 Å². The number of rotatable bonds is 15. The van der Waals surface area contributed by atoms with E-state index in [1.807, 2.05) is 75.4 Å². The van der Waals surface area contributed by atoms with Crippen LogP contribution >= 0.6 is 11.6 Å². The Morgan fingerprint density at radius 1 is 0.851 bits per heavy atom. The highest BCUT2D eigenvalue weighted by atomic mass is 35.5. The van der Waals surface area contributed by atoms with Crippen LogP contribution in [0.4, 0.5) is 5.69 Å². The Labute approximate surface area is 283 Å². The van der Waals surface area contributed by atoms with E-state index in [2.05, 4.69) is 5.32 Å². The Balaban J connectivity index is 1.84. The molecule has 4 aromatic carbocycles. The van der Waals surface area contributed by atoms with Crippen molar-refractivity contribution in [1.29, 1.82) is 0 Å². The van der Waals surface area contributed by atoms with Gasteiger partial charge in [-0.3, -0.25) is 13.9 Å². The molecule has 0 bridgehead atoms. The largest absolute Gasteiger partial charge is 0.492 e. The molecule has 0 aliphatic heterocycles. The van der Waals surface area contributed by atoms with Crippen molar-refractivity contribution in [2.24, 2.45) is 0 Å².